The number of nitrogens with zero attached hydrogens (tertiary/aromatic N) is 2. The number of ether oxygens (including phenoxy) is 1. The molecule has 4 nitrogen and oxygen atoms in total. The Morgan fingerprint density at radius 1 is 1.21 bits per heavy atom. The Hall–Kier alpha value is -1.55. The second-order valence-corrected chi connectivity index (χ2v) is 7.84. The van der Waals surface area contributed by atoms with Gasteiger partial charge in [-0.05, 0) is 39.7 Å². The van der Waals surface area contributed by atoms with Crippen LogP contribution in [0.15, 0.2) is 30.3 Å². The molecule has 0 spiro atoms. The van der Waals surface area contributed by atoms with Crippen LogP contribution in [-0.2, 0) is 11.3 Å². The number of piperazine rings is 1. The molecule has 1 fully saturated rings. The van der Waals surface area contributed by atoms with Gasteiger partial charge < -0.3 is 9.64 Å². The van der Waals surface area contributed by atoms with E-state index >= 15 is 0 Å². The lowest BCUT2D eigenvalue weighted by Crippen LogP contribution is -2.59. The molecule has 24 heavy (non-hydrogen) atoms. The summed E-state index contributed by atoms with van der Waals surface area (Å²) < 4.78 is 5.62. The summed E-state index contributed by atoms with van der Waals surface area (Å²) >= 11 is 0. The van der Waals surface area contributed by atoms with E-state index in [1.165, 1.54) is 5.56 Å². The molecule has 1 saturated heterocycles. The molecule has 1 amide bonds. The van der Waals surface area contributed by atoms with Crippen LogP contribution in [0.3, 0.4) is 0 Å². The molecular formula is C20H32N2O2. The van der Waals surface area contributed by atoms with Crippen molar-refractivity contribution in [2.24, 2.45) is 0 Å². The normalized spacial score (nSPS) is 22.5. The summed E-state index contributed by atoms with van der Waals surface area (Å²) in [5.74, 6) is 0. The summed E-state index contributed by atoms with van der Waals surface area (Å²) in [7, 11) is 0. The van der Waals surface area contributed by atoms with E-state index in [1.807, 2.05) is 31.7 Å². The van der Waals surface area contributed by atoms with Crippen LogP contribution in [0.1, 0.15) is 53.0 Å². The Balaban J connectivity index is 2.07. The van der Waals surface area contributed by atoms with Gasteiger partial charge in [0.25, 0.3) is 0 Å². The number of amides is 1. The first kappa shape index (κ1) is 18.8. The van der Waals surface area contributed by atoms with Crippen molar-refractivity contribution < 1.29 is 9.53 Å². The van der Waals surface area contributed by atoms with E-state index in [0.717, 1.165) is 32.5 Å². The standard InChI is InChI=1S/C20H32N2O2/c1-6-10-18-15-21(14-17-11-8-7-9-12-17)16(2)13-22(18)19(23)24-20(3,4)5/h7-9,11-12,16,18H,6,10,13-15H2,1-5H3/t16-,18+/m0/s1. The summed E-state index contributed by atoms with van der Waals surface area (Å²) in [5, 5.41) is 0. The largest absolute Gasteiger partial charge is 0.444 e. The van der Waals surface area contributed by atoms with E-state index < -0.39 is 5.60 Å². The number of benzene rings is 1. The van der Waals surface area contributed by atoms with E-state index in [1.54, 1.807) is 0 Å². The van der Waals surface area contributed by atoms with Gasteiger partial charge in [0.05, 0.1) is 0 Å². The molecule has 0 bridgehead atoms. The molecule has 0 aliphatic carbocycles. The van der Waals surface area contributed by atoms with E-state index in [-0.39, 0.29) is 12.1 Å². The van der Waals surface area contributed by atoms with Crippen molar-refractivity contribution in [1.82, 2.24) is 9.80 Å². The highest BCUT2D eigenvalue weighted by atomic mass is 16.6. The van der Waals surface area contributed by atoms with Crippen molar-refractivity contribution in [3.63, 3.8) is 0 Å². The van der Waals surface area contributed by atoms with Gasteiger partial charge in [-0.3, -0.25) is 4.90 Å². The van der Waals surface area contributed by atoms with Gasteiger partial charge in [0, 0.05) is 31.7 Å². The third-order valence-corrected chi connectivity index (χ3v) is 4.45. The highest BCUT2D eigenvalue weighted by Gasteiger charge is 2.36. The Kier molecular flexibility index (Phi) is 6.27. The van der Waals surface area contributed by atoms with Crippen molar-refractivity contribution in [2.45, 2.75) is 71.7 Å². The quantitative estimate of drug-likeness (QED) is 0.824. The van der Waals surface area contributed by atoms with Crippen LogP contribution in [0, 0.1) is 0 Å². The fourth-order valence-electron chi connectivity index (χ4n) is 3.26. The van der Waals surface area contributed by atoms with E-state index in [2.05, 4.69) is 43.0 Å². The molecule has 0 N–H and O–H groups in total. The van der Waals surface area contributed by atoms with Gasteiger partial charge in [-0.2, -0.15) is 0 Å². The number of carbonyl (C=O) groups excluding carboxylic acids is 1. The minimum absolute atomic E-state index is 0.174. The van der Waals surface area contributed by atoms with Crippen LogP contribution in [0.2, 0.25) is 0 Å². The molecule has 1 aliphatic rings. The smallest absolute Gasteiger partial charge is 0.410 e. The fraction of sp³-hybridized carbons (Fsp3) is 0.650. The highest BCUT2D eigenvalue weighted by molar-refractivity contribution is 5.68. The molecule has 0 unspecified atom stereocenters. The second-order valence-electron chi connectivity index (χ2n) is 7.84. The molecule has 1 heterocycles. The first-order chi connectivity index (χ1) is 11.3. The van der Waals surface area contributed by atoms with Gasteiger partial charge in [-0.25, -0.2) is 4.79 Å². The summed E-state index contributed by atoms with van der Waals surface area (Å²) in [6.45, 7) is 12.7. The van der Waals surface area contributed by atoms with Crippen molar-refractivity contribution in [3.05, 3.63) is 35.9 Å². The predicted octanol–water partition coefficient (Wildman–Crippen LogP) is 4.30. The van der Waals surface area contributed by atoms with Gasteiger partial charge >= 0.3 is 6.09 Å². The molecule has 2 rings (SSSR count). The summed E-state index contributed by atoms with van der Waals surface area (Å²) in [5.41, 5.74) is 0.878. The monoisotopic (exact) mass is 332 g/mol. The van der Waals surface area contributed by atoms with E-state index in [0.29, 0.717) is 6.04 Å². The van der Waals surface area contributed by atoms with Crippen LogP contribution >= 0.6 is 0 Å². The lowest BCUT2D eigenvalue weighted by molar-refractivity contribution is -0.0168. The molecule has 0 saturated carbocycles. The van der Waals surface area contributed by atoms with E-state index in [9.17, 15) is 4.79 Å². The van der Waals surface area contributed by atoms with Gasteiger partial charge in [0.15, 0.2) is 0 Å². The van der Waals surface area contributed by atoms with Crippen molar-refractivity contribution >= 4 is 6.09 Å². The molecule has 0 aromatic heterocycles. The SMILES string of the molecule is CCC[C@@H]1CN(Cc2ccccc2)[C@@H](C)CN1C(=O)OC(C)(C)C. The Bertz CT molecular complexity index is 524. The zero-order valence-electron chi connectivity index (χ0n) is 15.8. The number of hydrogen-bond donors (Lipinski definition) is 0. The number of carbonyl (C=O) groups is 1. The van der Waals surface area contributed by atoms with E-state index in [4.69, 9.17) is 4.74 Å². The topological polar surface area (TPSA) is 32.8 Å². The molecule has 1 aliphatic heterocycles. The molecule has 0 radical (unpaired) electrons. The maximum atomic E-state index is 12.6. The van der Waals surface area contributed by atoms with Crippen LogP contribution in [0.4, 0.5) is 4.79 Å². The zero-order valence-corrected chi connectivity index (χ0v) is 15.8. The van der Waals surface area contributed by atoms with Crippen molar-refractivity contribution in [1.29, 1.82) is 0 Å². The van der Waals surface area contributed by atoms with Crippen molar-refractivity contribution in [3.8, 4) is 0 Å². The van der Waals surface area contributed by atoms with Gasteiger partial charge in [-0.15, -0.1) is 0 Å². The minimum atomic E-state index is -0.446. The Morgan fingerprint density at radius 3 is 2.46 bits per heavy atom. The van der Waals surface area contributed by atoms with Gasteiger partial charge in [0.1, 0.15) is 5.60 Å². The third kappa shape index (κ3) is 5.23. The number of rotatable bonds is 4. The molecule has 1 aromatic carbocycles. The van der Waals surface area contributed by atoms with Crippen LogP contribution in [0.5, 0.6) is 0 Å². The minimum Gasteiger partial charge on any atom is -0.444 e. The Morgan fingerprint density at radius 2 is 1.88 bits per heavy atom. The predicted molar refractivity (Wildman–Crippen MR) is 98.0 cm³/mol. The molecular weight excluding hydrogens is 300 g/mol. The maximum absolute atomic E-state index is 12.6. The number of hydrogen-bond acceptors (Lipinski definition) is 3. The summed E-state index contributed by atoms with van der Waals surface area (Å²) in [6.07, 6.45) is 1.90. The molecule has 134 valence electrons. The fourth-order valence-corrected chi connectivity index (χ4v) is 3.26. The molecule has 1 aromatic rings. The molecule has 4 heteroatoms. The summed E-state index contributed by atoms with van der Waals surface area (Å²) in [6, 6.07) is 11.1. The molecule has 2 atom stereocenters. The highest BCUT2D eigenvalue weighted by Crippen LogP contribution is 2.23. The Labute approximate surface area is 146 Å². The van der Waals surface area contributed by atoms with Crippen LogP contribution in [0.25, 0.3) is 0 Å². The zero-order chi connectivity index (χ0) is 17.7. The second kappa shape index (κ2) is 8.02. The lowest BCUT2D eigenvalue weighted by Gasteiger charge is -2.45. The van der Waals surface area contributed by atoms with Gasteiger partial charge in [0.2, 0.25) is 0 Å². The summed E-state index contributed by atoms with van der Waals surface area (Å²) in [4.78, 5) is 17.0. The first-order valence-corrected chi connectivity index (χ1v) is 9.07. The van der Waals surface area contributed by atoms with Crippen LogP contribution < -0.4 is 0 Å². The van der Waals surface area contributed by atoms with Crippen molar-refractivity contribution in [2.75, 3.05) is 13.1 Å². The first-order valence-electron chi connectivity index (χ1n) is 9.07. The maximum Gasteiger partial charge on any atom is 0.410 e. The lowest BCUT2D eigenvalue weighted by atomic mass is 10.0. The average Bonchev–Trinajstić information content (AvgIpc) is 2.50. The van der Waals surface area contributed by atoms with Gasteiger partial charge in [-0.1, -0.05) is 43.7 Å². The third-order valence-electron chi connectivity index (χ3n) is 4.45. The average molecular weight is 332 g/mol. The van der Waals surface area contributed by atoms with Crippen LogP contribution in [-0.4, -0.2) is 46.7 Å².